The number of likely N-dealkylation sites (N-methyl/N-ethyl adjacent to an activating group) is 2. The summed E-state index contributed by atoms with van der Waals surface area (Å²) in [6.07, 6.45) is 2.63. The Kier molecular flexibility index (Phi) is 4.49. The van der Waals surface area contributed by atoms with E-state index >= 15 is 0 Å². The predicted octanol–water partition coefficient (Wildman–Crippen LogP) is 0.449. The van der Waals surface area contributed by atoms with E-state index in [1.54, 1.807) is 7.05 Å². The fourth-order valence-corrected chi connectivity index (χ4v) is 4.62. The van der Waals surface area contributed by atoms with E-state index in [-0.39, 0.29) is 23.5 Å². The Bertz CT molecular complexity index is 689. The van der Waals surface area contributed by atoms with Crippen molar-refractivity contribution in [2.45, 2.75) is 30.9 Å². The molecule has 4 rings (SSSR count). The molecule has 3 aliphatic rings. The summed E-state index contributed by atoms with van der Waals surface area (Å²) in [5.74, 6) is 0.632. The minimum atomic E-state index is -0.298. The number of amides is 2. The number of carbonyl (C=O) groups is 2. The first-order valence-corrected chi connectivity index (χ1v) is 9.40. The van der Waals surface area contributed by atoms with Gasteiger partial charge in [-0.05, 0) is 36.9 Å². The van der Waals surface area contributed by atoms with Crippen molar-refractivity contribution in [2.75, 3.05) is 40.3 Å². The number of benzene rings is 1. The molecule has 0 saturated carbocycles. The highest BCUT2D eigenvalue weighted by atomic mass is 16.5. The minimum absolute atomic E-state index is 0.0181. The van der Waals surface area contributed by atoms with Gasteiger partial charge in [0.15, 0.2) is 0 Å². The second kappa shape index (κ2) is 6.67. The smallest absolute Gasteiger partial charge is 0.239 e. The molecule has 1 aliphatic carbocycles. The van der Waals surface area contributed by atoms with Crippen LogP contribution in [0.25, 0.3) is 0 Å². The van der Waals surface area contributed by atoms with E-state index in [0.717, 1.165) is 12.8 Å². The molecule has 1 N–H and O–H groups in total. The third-order valence-electron chi connectivity index (χ3n) is 6.08. The molecule has 2 saturated heterocycles. The number of nitrogens with one attached hydrogen (secondary N) is 1. The summed E-state index contributed by atoms with van der Waals surface area (Å²) >= 11 is 0. The molecule has 2 aliphatic heterocycles. The van der Waals surface area contributed by atoms with Gasteiger partial charge in [0, 0.05) is 20.0 Å². The molecule has 0 bridgehead atoms. The maximum Gasteiger partial charge on any atom is 0.239 e. The van der Waals surface area contributed by atoms with Crippen LogP contribution < -0.4 is 5.32 Å². The summed E-state index contributed by atoms with van der Waals surface area (Å²) in [7, 11) is 3.59. The summed E-state index contributed by atoms with van der Waals surface area (Å²) in [4.78, 5) is 28.5. The molecule has 1 atom stereocenters. The molecule has 0 aromatic heterocycles. The van der Waals surface area contributed by atoms with Crippen LogP contribution in [-0.4, -0.2) is 73.6 Å². The van der Waals surface area contributed by atoms with Gasteiger partial charge < -0.3 is 15.0 Å². The van der Waals surface area contributed by atoms with Crippen LogP contribution >= 0.6 is 0 Å². The van der Waals surface area contributed by atoms with Crippen molar-refractivity contribution < 1.29 is 14.3 Å². The van der Waals surface area contributed by atoms with Crippen LogP contribution in [-0.2, 0) is 27.2 Å². The second-order valence-corrected chi connectivity index (χ2v) is 8.04. The van der Waals surface area contributed by atoms with Gasteiger partial charge in [-0.3, -0.25) is 14.5 Å². The molecular formula is C20H27N3O3. The van der Waals surface area contributed by atoms with Gasteiger partial charge >= 0.3 is 0 Å². The summed E-state index contributed by atoms with van der Waals surface area (Å²) in [6, 6.07) is 8.25. The first-order valence-electron chi connectivity index (χ1n) is 9.40. The maximum atomic E-state index is 12.7. The zero-order chi connectivity index (χ0) is 18.3. The molecule has 140 valence electrons. The van der Waals surface area contributed by atoms with E-state index in [0.29, 0.717) is 38.6 Å². The minimum Gasteiger partial charge on any atom is -0.368 e. The zero-order valence-electron chi connectivity index (χ0n) is 15.5. The quantitative estimate of drug-likeness (QED) is 0.853. The van der Waals surface area contributed by atoms with E-state index in [1.807, 2.05) is 16.8 Å². The predicted molar refractivity (Wildman–Crippen MR) is 97.7 cm³/mol. The molecule has 2 heterocycles. The molecule has 1 aromatic carbocycles. The third kappa shape index (κ3) is 3.12. The fraction of sp³-hybridized carbons (Fsp3) is 0.600. The molecule has 1 aromatic rings. The number of nitrogens with zero attached hydrogens (tertiary/aromatic N) is 2. The van der Waals surface area contributed by atoms with Gasteiger partial charge in [-0.15, -0.1) is 0 Å². The van der Waals surface area contributed by atoms with Crippen LogP contribution in [0.2, 0.25) is 0 Å². The topological polar surface area (TPSA) is 61.9 Å². The third-order valence-corrected chi connectivity index (χ3v) is 6.08. The number of fused-ring (bicyclic) bond motifs is 1. The SMILES string of the molecule is CNC(=O)C1COC2(CN(C(=O)CC3Cc4ccccc4C3)C2)CN1C. The molecule has 2 fully saturated rings. The van der Waals surface area contributed by atoms with Crippen molar-refractivity contribution in [3.8, 4) is 0 Å². The molecule has 26 heavy (non-hydrogen) atoms. The molecule has 6 nitrogen and oxygen atoms in total. The molecular weight excluding hydrogens is 330 g/mol. The van der Waals surface area contributed by atoms with Crippen molar-refractivity contribution >= 4 is 11.8 Å². The van der Waals surface area contributed by atoms with E-state index in [4.69, 9.17) is 4.74 Å². The van der Waals surface area contributed by atoms with Gasteiger partial charge in [-0.1, -0.05) is 24.3 Å². The van der Waals surface area contributed by atoms with Crippen molar-refractivity contribution in [3.63, 3.8) is 0 Å². The number of hydrogen-bond donors (Lipinski definition) is 1. The highest BCUT2D eigenvalue weighted by Gasteiger charge is 2.51. The fourth-order valence-electron chi connectivity index (χ4n) is 4.62. The number of likely N-dealkylation sites (tertiary alicyclic amines) is 1. The summed E-state index contributed by atoms with van der Waals surface area (Å²) in [6.45, 7) is 2.34. The first kappa shape index (κ1) is 17.5. The van der Waals surface area contributed by atoms with E-state index in [1.165, 1.54) is 11.1 Å². The zero-order valence-corrected chi connectivity index (χ0v) is 15.5. The number of rotatable bonds is 3. The summed E-state index contributed by atoms with van der Waals surface area (Å²) < 4.78 is 6.01. The van der Waals surface area contributed by atoms with Crippen LogP contribution in [0.3, 0.4) is 0 Å². The standard InChI is InChI=1S/C20H27N3O3/c1-21-19(25)17-10-26-20(11-22(17)2)12-23(13-20)18(24)9-14-7-15-5-3-4-6-16(15)8-14/h3-6,14,17H,7-13H2,1-2H3,(H,21,25). The average Bonchev–Trinajstić information content (AvgIpc) is 3.00. The lowest BCUT2D eigenvalue weighted by atomic mass is 9.89. The van der Waals surface area contributed by atoms with Crippen LogP contribution in [0.5, 0.6) is 0 Å². The summed E-state index contributed by atoms with van der Waals surface area (Å²) in [5, 5.41) is 2.68. The number of morpholine rings is 1. The van der Waals surface area contributed by atoms with Gasteiger partial charge in [0.05, 0.1) is 19.7 Å². The lowest BCUT2D eigenvalue weighted by Crippen LogP contribution is -2.73. The highest BCUT2D eigenvalue weighted by Crippen LogP contribution is 2.33. The first-order chi connectivity index (χ1) is 12.5. The van der Waals surface area contributed by atoms with Crippen molar-refractivity contribution in [3.05, 3.63) is 35.4 Å². The van der Waals surface area contributed by atoms with Gasteiger partial charge in [0.1, 0.15) is 11.6 Å². The van der Waals surface area contributed by atoms with E-state index in [9.17, 15) is 9.59 Å². The molecule has 0 radical (unpaired) electrons. The van der Waals surface area contributed by atoms with Crippen LogP contribution in [0.15, 0.2) is 24.3 Å². The van der Waals surface area contributed by atoms with E-state index in [2.05, 4.69) is 29.6 Å². The maximum absolute atomic E-state index is 12.7. The Morgan fingerprint density at radius 2 is 1.85 bits per heavy atom. The second-order valence-electron chi connectivity index (χ2n) is 8.04. The number of hydrogen-bond acceptors (Lipinski definition) is 4. The van der Waals surface area contributed by atoms with Crippen molar-refractivity contribution in [2.24, 2.45) is 5.92 Å². The Labute approximate surface area is 154 Å². The van der Waals surface area contributed by atoms with Crippen molar-refractivity contribution in [1.82, 2.24) is 15.1 Å². The van der Waals surface area contributed by atoms with Crippen LogP contribution in [0.4, 0.5) is 0 Å². The van der Waals surface area contributed by atoms with Crippen molar-refractivity contribution in [1.29, 1.82) is 0 Å². The number of ether oxygens (including phenoxy) is 1. The highest BCUT2D eigenvalue weighted by molar-refractivity contribution is 5.82. The molecule has 2 amide bonds. The Morgan fingerprint density at radius 3 is 2.42 bits per heavy atom. The van der Waals surface area contributed by atoms with Gasteiger partial charge in [-0.25, -0.2) is 0 Å². The lowest BCUT2D eigenvalue weighted by Gasteiger charge is -2.54. The lowest BCUT2D eigenvalue weighted by molar-refractivity contribution is -0.201. The molecule has 1 unspecified atom stereocenters. The number of carbonyl (C=O) groups excluding carboxylic acids is 2. The Hall–Kier alpha value is -1.92. The van der Waals surface area contributed by atoms with Gasteiger partial charge in [-0.2, -0.15) is 0 Å². The molecule has 1 spiro atoms. The Morgan fingerprint density at radius 1 is 1.19 bits per heavy atom. The van der Waals surface area contributed by atoms with Crippen LogP contribution in [0, 0.1) is 5.92 Å². The average molecular weight is 357 g/mol. The van der Waals surface area contributed by atoms with Gasteiger partial charge in [0.25, 0.3) is 0 Å². The molecule has 6 heteroatoms. The normalized spacial score (nSPS) is 25.0. The van der Waals surface area contributed by atoms with Gasteiger partial charge in [0.2, 0.25) is 11.8 Å². The Balaban J connectivity index is 1.27. The van der Waals surface area contributed by atoms with Crippen LogP contribution in [0.1, 0.15) is 17.5 Å². The largest absolute Gasteiger partial charge is 0.368 e. The monoisotopic (exact) mass is 357 g/mol. The van der Waals surface area contributed by atoms with E-state index < -0.39 is 0 Å². The summed E-state index contributed by atoms with van der Waals surface area (Å²) in [5.41, 5.74) is 2.49.